The molecule has 1 aromatic rings. The number of carboxylic acid groups (broad SMARTS) is 1. The van der Waals surface area contributed by atoms with Gasteiger partial charge in [-0.3, -0.25) is 14.5 Å². The summed E-state index contributed by atoms with van der Waals surface area (Å²) in [6, 6.07) is 9.46. The van der Waals surface area contributed by atoms with E-state index < -0.39 is 11.4 Å². The van der Waals surface area contributed by atoms with Crippen LogP contribution in [0.1, 0.15) is 19.3 Å². The molecule has 0 radical (unpaired) electrons. The van der Waals surface area contributed by atoms with Crippen LogP contribution in [-0.4, -0.2) is 54.7 Å². The fourth-order valence-corrected chi connectivity index (χ4v) is 4.00. The van der Waals surface area contributed by atoms with Crippen molar-refractivity contribution in [3.63, 3.8) is 0 Å². The third-order valence-corrected chi connectivity index (χ3v) is 5.17. The second-order valence-electron chi connectivity index (χ2n) is 6.73. The summed E-state index contributed by atoms with van der Waals surface area (Å²) in [4.78, 5) is 25.7. The number of aliphatic carboxylic acids is 1. The smallest absolute Gasteiger partial charge is 0.311 e. The number of carbonyl (C=O) groups excluding carboxylic acids is 1. The van der Waals surface area contributed by atoms with Crippen molar-refractivity contribution in [2.24, 2.45) is 11.3 Å². The van der Waals surface area contributed by atoms with Crippen molar-refractivity contribution >= 4 is 11.9 Å². The quantitative estimate of drug-likeness (QED) is 0.737. The fourth-order valence-electron chi connectivity index (χ4n) is 4.00. The molecule has 1 heterocycles. The van der Waals surface area contributed by atoms with Crippen LogP contribution >= 0.6 is 0 Å². The molecule has 2 atom stereocenters. The molecule has 1 saturated heterocycles. The van der Waals surface area contributed by atoms with Crippen LogP contribution in [0.3, 0.4) is 0 Å². The number of carboxylic acids is 1. The zero-order valence-corrected chi connectivity index (χ0v) is 13.7. The Labute approximate surface area is 141 Å². The minimum Gasteiger partial charge on any atom is -0.492 e. The van der Waals surface area contributed by atoms with Crippen molar-refractivity contribution in [3.05, 3.63) is 30.3 Å². The molecule has 2 N–H and O–H groups in total. The lowest BCUT2D eigenvalue weighted by atomic mass is 9.81. The molecule has 1 saturated carbocycles. The number of hydrogen-bond acceptors (Lipinski definition) is 4. The van der Waals surface area contributed by atoms with E-state index in [-0.39, 0.29) is 18.4 Å². The van der Waals surface area contributed by atoms with E-state index in [1.54, 1.807) is 0 Å². The summed E-state index contributed by atoms with van der Waals surface area (Å²) in [5, 5.41) is 12.4. The number of rotatable bonds is 7. The lowest BCUT2D eigenvalue weighted by Crippen LogP contribution is -2.40. The van der Waals surface area contributed by atoms with Crippen LogP contribution in [-0.2, 0) is 9.59 Å². The Morgan fingerprint density at radius 1 is 1.33 bits per heavy atom. The minimum absolute atomic E-state index is 0.0767. The van der Waals surface area contributed by atoms with E-state index in [2.05, 4.69) is 5.32 Å². The fraction of sp³-hybridized carbons (Fsp3) is 0.556. The zero-order valence-electron chi connectivity index (χ0n) is 13.7. The van der Waals surface area contributed by atoms with Crippen molar-refractivity contribution in [3.8, 4) is 5.75 Å². The van der Waals surface area contributed by atoms with Crippen LogP contribution in [0.4, 0.5) is 0 Å². The van der Waals surface area contributed by atoms with Gasteiger partial charge in [-0.25, -0.2) is 0 Å². The maximum absolute atomic E-state index is 12.0. The molecular weight excluding hydrogens is 308 g/mol. The number of likely N-dealkylation sites (tertiary alicyclic amines) is 1. The third kappa shape index (κ3) is 3.53. The second-order valence-corrected chi connectivity index (χ2v) is 6.73. The number of hydrogen-bond donors (Lipinski definition) is 2. The normalized spacial score (nSPS) is 26.1. The monoisotopic (exact) mass is 332 g/mol. The molecule has 24 heavy (non-hydrogen) atoms. The van der Waals surface area contributed by atoms with E-state index in [9.17, 15) is 14.7 Å². The lowest BCUT2D eigenvalue weighted by Gasteiger charge is -2.23. The minimum atomic E-state index is -0.704. The third-order valence-electron chi connectivity index (χ3n) is 5.17. The highest BCUT2D eigenvalue weighted by Gasteiger charge is 2.54. The van der Waals surface area contributed by atoms with E-state index in [0.717, 1.165) is 25.0 Å². The van der Waals surface area contributed by atoms with E-state index in [4.69, 9.17) is 4.74 Å². The SMILES string of the molecule is O=C(CN1C[C@@H]2CCC[C@@]2(C(=O)O)C1)NCCOc1ccccc1. The summed E-state index contributed by atoms with van der Waals surface area (Å²) in [6.07, 6.45) is 2.67. The Morgan fingerprint density at radius 2 is 2.12 bits per heavy atom. The topological polar surface area (TPSA) is 78.9 Å². The average molecular weight is 332 g/mol. The van der Waals surface area contributed by atoms with Gasteiger partial charge in [0.25, 0.3) is 0 Å². The van der Waals surface area contributed by atoms with Crippen molar-refractivity contribution < 1.29 is 19.4 Å². The molecule has 1 aromatic carbocycles. The Kier molecular flexibility index (Phi) is 5.04. The van der Waals surface area contributed by atoms with Gasteiger partial charge in [0.2, 0.25) is 5.91 Å². The Hall–Kier alpha value is -2.08. The summed E-state index contributed by atoms with van der Waals surface area (Å²) >= 11 is 0. The summed E-state index contributed by atoms with van der Waals surface area (Å²) < 4.78 is 5.53. The van der Waals surface area contributed by atoms with E-state index in [1.165, 1.54) is 0 Å². The van der Waals surface area contributed by atoms with Crippen molar-refractivity contribution in [1.82, 2.24) is 10.2 Å². The van der Waals surface area contributed by atoms with Crippen LogP contribution in [0.2, 0.25) is 0 Å². The number of fused-ring (bicyclic) bond motifs is 1. The molecule has 0 bridgehead atoms. The first-order valence-electron chi connectivity index (χ1n) is 8.50. The number of ether oxygens (including phenoxy) is 1. The average Bonchev–Trinajstić information content (AvgIpc) is 3.10. The number of benzene rings is 1. The Bertz CT molecular complexity index is 592. The standard InChI is InChI=1S/C18H24N2O4/c21-16(19-9-10-24-15-6-2-1-3-7-15)12-20-11-14-5-4-8-18(14,13-20)17(22)23/h1-3,6-7,14H,4-5,8-13H2,(H,19,21)(H,22,23)/t14-,18+/m0/s1. The van der Waals surface area contributed by atoms with E-state index >= 15 is 0 Å². The van der Waals surface area contributed by atoms with Gasteiger partial charge in [0.1, 0.15) is 12.4 Å². The van der Waals surface area contributed by atoms with Gasteiger partial charge in [-0.15, -0.1) is 0 Å². The number of amides is 1. The van der Waals surface area contributed by atoms with Crippen LogP contribution < -0.4 is 10.1 Å². The molecule has 6 heteroatoms. The van der Waals surface area contributed by atoms with Gasteiger partial charge in [-0.2, -0.15) is 0 Å². The largest absolute Gasteiger partial charge is 0.492 e. The van der Waals surface area contributed by atoms with E-state index in [0.29, 0.717) is 26.2 Å². The summed E-state index contributed by atoms with van der Waals surface area (Å²) in [5.74, 6) is 0.183. The molecule has 130 valence electrons. The molecule has 0 unspecified atom stereocenters. The van der Waals surface area contributed by atoms with Crippen LogP contribution in [0, 0.1) is 11.3 Å². The molecular formula is C18H24N2O4. The summed E-state index contributed by atoms with van der Waals surface area (Å²) in [7, 11) is 0. The summed E-state index contributed by atoms with van der Waals surface area (Å²) in [6.45, 7) is 2.31. The van der Waals surface area contributed by atoms with Crippen LogP contribution in [0.5, 0.6) is 5.75 Å². The first-order chi connectivity index (χ1) is 11.6. The number of nitrogens with zero attached hydrogens (tertiary/aromatic N) is 1. The lowest BCUT2D eigenvalue weighted by molar-refractivity contribution is -0.149. The molecule has 0 aromatic heterocycles. The Balaban J connectivity index is 1.39. The Morgan fingerprint density at radius 3 is 2.83 bits per heavy atom. The highest BCUT2D eigenvalue weighted by molar-refractivity contribution is 5.79. The zero-order chi connectivity index (χ0) is 17.0. The van der Waals surface area contributed by atoms with Crippen molar-refractivity contribution in [1.29, 1.82) is 0 Å². The first kappa shape index (κ1) is 16.8. The van der Waals surface area contributed by atoms with Crippen LogP contribution in [0.15, 0.2) is 30.3 Å². The maximum atomic E-state index is 12.0. The molecule has 2 aliphatic rings. The van der Waals surface area contributed by atoms with Gasteiger partial charge >= 0.3 is 5.97 Å². The van der Waals surface area contributed by atoms with Gasteiger partial charge in [0.15, 0.2) is 0 Å². The van der Waals surface area contributed by atoms with Crippen LogP contribution in [0.25, 0.3) is 0 Å². The van der Waals surface area contributed by atoms with Gasteiger partial charge in [-0.1, -0.05) is 24.6 Å². The highest BCUT2D eigenvalue weighted by atomic mass is 16.5. The van der Waals surface area contributed by atoms with Gasteiger partial charge in [0, 0.05) is 13.1 Å². The second kappa shape index (κ2) is 7.21. The van der Waals surface area contributed by atoms with Gasteiger partial charge in [-0.05, 0) is 30.9 Å². The molecule has 1 aliphatic heterocycles. The predicted octanol–water partition coefficient (Wildman–Crippen LogP) is 1.37. The molecule has 2 fully saturated rings. The summed E-state index contributed by atoms with van der Waals surface area (Å²) in [5.41, 5.74) is -0.628. The maximum Gasteiger partial charge on any atom is 0.311 e. The predicted molar refractivity (Wildman–Crippen MR) is 88.8 cm³/mol. The number of para-hydroxylation sites is 1. The molecule has 3 rings (SSSR count). The molecule has 1 aliphatic carbocycles. The van der Waals surface area contributed by atoms with Gasteiger partial charge in [0.05, 0.1) is 18.5 Å². The van der Waals surface area contributed by atoms with Gasteiger partial charge < -0.3 is 15.2 Å². The number of nitrogens with one attached hydrogen (secondary N) is 1. The molecule has 6 nitrogen and oxygen atoms in total. The first-order valence-corrected chi connectivity index (χ1v) is 8.50. The number of carbonyl (C=O) groups is 2. The van der Waals surface area contributed by atoms with Crippen molar-refractivity contribution in [2.45, 2.75) is 19.3 Å². The molecule has 0 spiro atoms. The highest BCUT2D eigenvalue weighted by Crippen LogP contribution is 2.48. The van der Waals surface area contributed by atoms with E-state index in [1.807, 2.05) is 35.2 Å². The molecule has 1 amide bonds. The van der Waals surface area contributed by atoms with Crippen molar-refractivity contribution in [2.75, 3.05) is 32.8 Å².